The van der Waals surface area contributed by atoms with Crippen LogP contribution in [-0.4, -0.2) is 16.6 Å². The van der Waals surface area contributed by atoms with Gasteiger partial charge in [0.25, 0.3) is 5.91 Å². The van der Waals surface area contributed by atoms with Crippen molar-refractivity contribution in [3.8, 4) is 33.5 Å². The van der Waals surface area contributed by atoms with Gasteiger partial charge in [0.2, 0.25) is 0 Å². The minimum atomic E-state index is -0.199. The largest absolute Gasteiger partial charge is 0.360 e. The number of aromatic amines is 1. The van der Waals surface area contributed by atoms with Gasteiger partial charge in [-0.3, -0.25) is 4.79 Å². The Balaban J connectivity index is 1.31. The maximum absolute atomic E-state index is 12.9. The summed E-state index contributed by atoms with van der Waals surface area (Å²) in [6.45, 7) is 0. The van der Waals surface area contributed by atoms with Crippen LogP contribution in [0.3, 0.4) is 0 Å². The van der Waals surface area contributed by atoms with Gasteiger partial charge in [0.05, 0.1) is 17.0 Å². The van der Waals surface area contributed by atoms with Gasteiger partial charge in [-0.05, 0) is 27.8 Å². The molecule has 1 aliphatic heterocycles. The van der Waals surface area contributed by atoms with Gasteiger partial charge in [0.1, 0.15) is 0 Å². The molecule has 1 aliphatic rings. The monoisotopic (exact) mass is 424 g/mol. The number of carbonyl (C=O) groups is 1. The number of aliphatic imine (C=N–C) groups is 1. The SMILES string of the molecule is O=C1N=C(c2ccc(-c3ccccc3)cc2)c2c[nH]c(-c3ccc(-c4ccccc4)cc3)c21. The summed E-state index contributed by atoms with van der Waals surface area (Å²) in [5, 5.41) is 0. The molecule has 1 aromatic heterocycles. The van der Waals surface area contributed by atoms with E-state index in [4.69, 9.17) is 0 Å². The van der Waals surface area contributed by atoms with Crippen molar-refractivity contribution in [3.05, 3.63) is 132 Å². The minimum Gasteiger partial charge on any atom is -0.360 e. The number of hydrogen-bond acceptors (Lipinski definition) is 1. The number of aromatic nitrogens is 1. The first-order valence-electron chi connectivity index (χ1n) is 10.9. The predicted octanol–water partition coefficient (Wildman–Crippen LogP) is 7.01. The molecular formula is C30H20N2O. The Morgan fingerprint density at radius 1 is 0.515 bits per heavy atom. The van der Waals surface area contributed by atoms with Gasteiger partial charge in [0, 0.05) is 17.3 Å². The van der Waals surface area contributed by atoms with Gasteiger partial charge in [-0.25, -0.2) is 4.99 Å². The third-order valence-corrected chi connectivity index (χ3v) is 6.11. The number of H-pyrrole nitrogens is 1. The van der Waals surface area contributed by atoms with Crippen molar-refractivity contribution in [2.45, 2.75) is 0 Å². The minimum absolute atomic E-state index is 0.199. The fourth-order valence-electron chi connectivity index (χ4n) is 4.41. The molecule has 2 heterocycles. The molecule has 0 atom stereocenters. The van der Waals surface area contributed by atoms with E-state index in [0.717, 1.165) is 44.8 Å². The highest BCUT2D eigenvalue weighted by Crippen LogP contribution is 2.33. The molecule has 0 fully saturated rings. The zero-order valence-electron chi connectivity index (χ0n) is 17.8. The van der Waals surface area contributed by atoms with E-state index in [1.165, 1.54) is 5.56 Å². The summed E-state index contributed by atoms with van der Waals surface area (Å²) < 4.78 is 0. The normalized spacial score (nSPS) is 12.5. The quantitative estimate of drug-likeness (QED) is 0.331. The molecular weight excluding hydrogens is 404 g/mol. The van der Waals surface area contributed by atoms with E-state index in [-0.39, 0.29) is 5.91 Å². The average molecular weight is 425 g/mol. The Labute approximate surface area is 192 Å². The molecule has 3 heteroatoms. The molecule has 0 aliphatic carbocycles. The summed E-state index contributed by atoms with van der Waals surface area (Å²) in [7, 11) is 0. The lowest BCUT2D eigenvalue weighted by molar-refractivity contribution is 0.101. The van der Waals surface area contributed by atoms with Gasteiger partial charge in [-0.15, -0.1) is 0 Å². The Morgan fingerprint density at radius 2 is 0.970 bits per heavy atom. The summed E-state index contributed by atoms with van der Waals surface area (Å²) in [5.41, 5.74) is 9.55. The van der Waals surface area contributed by atoms with Crippen molar-refractivity contribution in [2.24, 2.45) is 4.99 Å². The number of benzene rings is 4. The molecule has 0 radical (unpaired) electrons. The molecule has 1 amide bonds. The van der Waals surface area contributed by atoms with Crippen LogP contribution in [0.15, 0.2) is 120 Å². The summed E-state index contributed by atoms with van der Waals surface area (Å²) in [4.78, 5) is 20.6. The molecule has 156 valence electrons. The molecule has 0 saturated heterocycles. The topological polar surface area (TPSA) is 45.2 Å². The lowest BCUT2D eigenvalue weighted by atomic mass is 9.97. The molecule has 4 aromatic carbocycles. The third kappa shape index (κ3) is 3.40. The summed E-state index contributed by atoms with van der Waals surface area (Å²) in [6, 6.07) is 37.0. The lowest BCUT2D eigenvalue weighted by Gasteiger charge is -2.05. The molecule has 0 spiro atoms. The van der Waals surface area contributed by atoms with Crippen molar-refractivity contribution in [1.29, 1.82) is 0 Å². The van der Waals surface area contributed by atoms with Gasteiger partial charge >= 0.3 is 0 Å². The van der Waals surface area contributed by atoms with Gasteiger partial charge in [-0.1, -0.05) is 109 Å². The van der Waals surface area contributed by atoms with E-state index in [1.807, 2.05) is 66.9 Å². The van der Waals surface area contributed by atoms with E-state index >= 15 is 0 Å². The zero-order valence-corrected chi connectivity index (χ0v) is 17.8. The van der Waals surface area contributed by atoms with Crippen molar-refractivity contribution >= 4 is 11.6 Å². The van der Waals surface area contributed by atoms with Crippen molar-refractivity contribution < 1.29 is 4.79 Å². The summed E-state index contributed by atoms with van der Waals surface area (Å²) in [6.07, 6.45) is 1.89. The number of nitrogens with zero attached hydrogens (tertiary/aromatic N) is 1. The summed E-state index contributed by atoms with van der Waals surface area (Å²) >= 11 is 0. The van der Waals surface area contributed by atoms with Crippen LogP contribution in [0, 0.1) is 0 Å². The van der Waals surface area contributed by atoms with Gasteiger partial charge < -0.3 is 4.98 Å². The molecule has 0 saturated carbocycles. The molecule has 3 nitrogen and oxygen atoms in total. The number of hydrogen-bond donors (Lipinski definition) is 1. The fourth-order valence-corrected chi connectivity index (χ4v) is 4.41. The van der Waals surface area contributed by atoms with E-state index in [2.05, 4.69) is 58.5 Å². The van der Waals surface area contributed by atoms with Crippen LogP contribution in [0.25, 0.3) is 33.5 Å². The number of carbonyl (C=O) groups excluding carboxylic acids is 1. The first-order valence-corrected chi connectivity index (χ1v) is 10.9. The Hall–Kier alpha value is -4.50. The average Bonchev–Trinajstić information content (AvgIpc) is 3.47. The molecule has 1 N–H and O–H groups in total. The van der Waals surface area contributed by atoms with Crippen LogP contribution in [0.2, 0.25) is 0 Å². The highest BCUT2D eigenvalue weighted by atomic mass is 16.1. The van der Waals surface area contributed by atoms with Crippen LogP contribution in [-0.2, 0) is 0 Å². The van der Waals surface area contributed by atoms with E-state index < -0.39 is 0 Å². The highest BCUT2D eigenvalue weighted by Gasteiger charge is 2.29. The second-order valence-corrected chi connectivity index (χ2v) is 8.10. The molecule has 5 aromatic rings. The highest BCUT2D eigenvalue weighted by molar-refractivity contribution is 6.29. The maximum Gasteiger partial charge on any atom is 0.280 e. The van der Waals surface area contributed by atoms with Crippen LogP contribution < -0.4 is 0 Å². The first kappa shape index (κ1) is 19.2. The number of nitrogens with one attached hydrogen (secondary N) is 1. The summed E-state index contributed by atoms with van der Waals surface area (Å²) in [5.74, 6) is -0.199. The molecule has 0 unspecified atom stereocenters. The van der Waals surface area contributed by atoms with Crippen LogP contribution in [0.4, 0.5) is 0 Å². The lowest BCUT2D eigenvalue weighted by Crippen LogP contribution is -1.99. The Morgan fingerprint density at radius 3 is 1.52 bits per heavy atom. The predicted molar refractivity (Wildman–Crippen MR) is 134 cm³/mol. The van der Waals surface area contributed by atoms with Crippen molar-refractivity contribution in [2.75, 3.05) is 0 Å². The fraction of sp³-hybridized carbons (Fsp3) is 0. The van der Waals surface area contributed by atoms with Crippen LogP contribution >= 0.6 is 0 Å². The van der Waals surface area contributed by atoms with Crippen LogP contribution in [0.1, 0.15) is 21.5 Å². The molecule has 0 bridgehead atoms. The standard InChI is InChI=1S/C30H20N2O/c33-30-27-26(28(32-30)24-15-11-22(12-16-24)20-7-3-1-4-8-20)19-31-29(27)25-17-13-23(14-18-25)21-9-5-2-6-10-21/h1-19,31H. The number of amides is 1. The van der Waals surface area contributed by atoms with Crippen LogP contribution in [0.5, 0.6) is 0 Å². The Kier molecular flexibility index (Phi) is 4.59. The zero-order chi connectivity index (χ0) is 22.2. The second-order valence-electron chi connectivity index (χ2n) is 8.10. The third-order valence-electron chi connectivity index (χ3n) is 6.11. The van der Waals surface area contributed by atoms with Crippen molar-refractivity contribution in [3.63, 3.8) is 0 Å². The van der Waals surface area contributed by atoms with E-state index in [9.17, 15) is 4.79 Å². The van der Waals surface area contributed by atoms with E-state index in [1.54, 1.807) is 0 Å². The molecule has 33 heavy (non-hydrogen) atoms. The van der Waals surface area contributed by atoms with Gasteiger partial charge in [-0.2, -0.15) is 0 Å². The molecule has 6 rings (SSSR count). The second kappa shape index (κ2) is 7.88. The maximum atomic E-state index is 12.9. The first-order chi connectivity index (χ1) is 16.3. The smallest absolute Gasteiger partial charge is 0.280 e. The van der Waals surface area contributed by atoms with Gasteiger partial charge in [0.15, 0.2) is 0 Å². The number of rotatable bonds is 4. The Bertz CT molecular complexity index is 1480. The van der Waals surface area contributed by atoms with Crippen molar-refractivity contribution in [1.82, 2.24) is 4.98 Å². The number of fused-ring (bicyclic) bond motifs is 1. The van der Waals surface area contributed by atoms with E-state index in [0.29, 0.717) is 5.56 Å².